The average Bonchev–Trinajstić information content (AvgIpc) is 2.69. The van der Waals surface area contributed by atoms with Gasteiger partial charge in [-0.1, -0.05) is 12.1 Å². The lowest BCUT2D eigenvalue weighted by Crippen LogP contribution is -2.43. The molecule has 1 atom stereocenters. The highest BCUT2D eigenvalue weighted by molar-refractivity contribution is 7.87. The van der Waals surface area contributed by atoms with E-state index in [1.54, 1.807) is 26.0 Å². The summed E-state index contributed by atoms with van der Waals surface area (Å²) in [7, 11) is -2.71. The summed E-state index contributed by atoms with van der Waals surface area (Å²) in [5, 5.41) is 4.20. The number of nitrogens with one attached hydrogen (secondary N) is 2. The minimum atomic E-state index is -4.05. The summed E-state index contributed by atoms with van der Waals surface area (Å²) in [4.78, 5) is 35.1. The van der Waals surface area contributed by atoms with Gasteiger partial charge in [-0.3, -0.25) is 10.1 Å². The van der Waals surface area contributed by atoms with Gasteiger partial charge in [0.1, 0.15) is 10.6 Å². The standard InChI is InChI=1S/C20H22N2O7S/c1-12-5-6-13(2)17(11-12)30(26,27)29-16-9-7-15(8-10-16)19(24)28-14(3)18(23)22-20(25)21-4/h5-11,14H,1-4H3,(H2,21,22,23,25). The Bertz CT molecular complexity index is 1060. The van der Waals surface area contributed by atoms with E-state index >= 15 is 0 Å². The molecule has 0 radical (unpaired) electrons. The molecule has 2 rings (SSSR count). The maximum Gasteiger partial charge on any atom is 0.339 e. The number of amides is 3. The Hall–Kier alpha value is -3.40. The lowest BCUT2D eigenvalue weighted by Gasteiger charge is -2.13. The quantitative estimate of drug-likeness (QED) is 0.526. The Morgan fingerprint density at radius 3 is 2.23 bits per heavy atom. The topological polar surface area (TPSA) is 128 Å². The molecule has 0 saturated heterocycles. The number of ether oxygens (including phenoxy) is 1. The molecule has 0 saturated carbocycles. The number of imide groups is 1. The average molecular weight is 434 g/mol. The van der Waals surface area contributed by atoms with Crippen LogP contribution in [0, 0.1) is 13.8 Å². The number of hydrogen-bond acceptors (Lipinski definition) is 7. The van der Waals surface area contributed by atoms with Gasteiger partial charge in [0.05, 0.1) is 5.56 Å². The van der Waals surface area contributed by atoms with Gasteiger partial charge in [0, 0.05) is 7.05 Å². The first kappa shape index (κ1) is 22.9. The highest BCUT2D eigenvalue weighted by Gasteiger charge is 2.22. The first-order valence-electron chi connectivity index (χ1n) is 8.89. The van der Waals surface area contributed by atoms with E-state index in [0.717, 1.165) is 5.56 Å². The number of urea groups is 1. The van der Waals surface area contributed by atoms with Crippen LogP contribution in [-0.4, -0.2) is 39.5 Å². The predicted molar refractivity (Wildman–Crippen MR) is 108 cm³/mol. The Morgan fingerprint density at radius 1 is 1.00 bits per heavy atom. The summed E-state index contributed by atoms with van der Waals surface area (Å²) in [5.74, 6) is -1.60. The molecule has 0 heterocycles. The zero-order chi connectivity index (χ0) is 22.5. The second-order valence-electron chi connectivity index (χ2n) is 6.45. The lowest BCUT2D eigenvalue weighted by atomic mass is 10.2. The number of esters is 1. The van der Waals surface area contributed by atoms with Crippen LogP contribution in [0.2, 0.25) is 0 Å². The van der Waals surface area contributed by atoms with Crippen LogP contribution >= 0.6 is 0 Å². The first-order valence-corrected chi connectivity index (χ1v) is 10.3. The summed E-state index contributed by atoms with van der Waals surface area (Å²) in [5.41, 5.74) is 1.39. The van der Waals surface area contributed by atoms with Crippen LogP contribution in [0.3, 0.4) is 0 Å². The van der Waals surface area contributed by atoms with E-state index in [4.69, 9.17) is 8.92 Å². The number of benzene rings is 2. The van der Waals surface area contributed by atoms with Gasteiger partial charge < -0.3 is 14.2 Å². The highest BCUT2D eigenvalue weighted by atomic mass is 32.2. The summed E-state index contributed by atoms with van der Waals surface area (Å²) in [6.07, 6.45) is -1.21. The van der Waals surface area contributed by atoms with Crippen molar-refractivity contribution >= 4 is 28.0 Å². The third-order valence-corrected chi connectivity index (χ3v) is 5.42. The summed E-state index contributed by atoms with van der Waals surface area (Å²) in [6.45, 7) is 4.75. The van der Waals surface area contributed by atoms with Crippen LogP contribution in [0.1, 0.15) is 28.4 Å². The monoisotopic (exact) mass is 434 g/mol. The molecule has 0 aromatic heterocycles. The van der Waals surface area contributed by atoms with Crippen molar-refractivity contribution < 1.29 is 31.7 Å². The molecule has 0 aliphatic heterocycles. The largest absolute Gasteiger partial charge is 0.449 e. The summed E-state index contributed by atoms with van der Waals surface area (Å²) in [6, 6.07) is 9.48. The molecule has 2 aromatic carbocycles. The molecule has 9 nitrogen and oxygen atoms in total. The smallest absolute Gasteiger partial charge is 0.339 e. The summed E-state index contributed by atoms with van der Waals surface area (Å²) < 4.78 is 35.2. The second-order valence-corrected chi connectivity index (χ2v) is 7.96. The number of carbonyl (C=O) groups is 3. The normalized spacial score (nSPS) is 11.9. The molecule has 2 aromatic rings. The molecule has 3 amide bonds. The Kier molecular flexibility index (Phi) is 7.17. The fourth-order valence-corrected chi connectivity index (χ4v) is 3.60. The van der Waals surface area contributed by atoms with Crippen LogP contribution in [0.4, 0.5) is 4.79 Å². The molecule has 0 fully saturated rings. The molecule has 160 valence electrons. The molecule has 2 N–H and O–H groups in total. The number of hydrogen-bond donors (Lipinski definition) is 2. The van der Waals surface area contributed by atoms with Crippen molar-refractivity contribution in [3.8, 4) is 5.75 Å². The van der Waals surface area contributed by atoms with Gasteiger partial charge in [-0.2, -0.15) is 8.42 Å². The minimum absolute atomic E-state index is 0.0119. The minimum Gasteiger partial charge on any atom is -0.449 e. The molecule has 30 heavy (non-hydrogen) atoms. The first-order chi connectivity index (χ1) is 14.0. The van der Waals surface area contributed by atoms with Crippen molar-refractivity contribution in [2.75, 3.05) is 7.05 Å². The van der Waals surface area contributed by atoms with Crippen molar-refractivity contribution in [3.05, 3.63) is 59.2 Å². The van der Waals surface area contributed by atoms with Gasteiger partial charge >= 0.3 is 22.1 Å². The molecular weight excluding hydrogens is 412 g/mol. The van der Waals surface area contributed by atoms with Crippen molar-refractivity contribution in [1.29, 1.82) is 0 Å². The van der Waals surface area contributed by atoms with E-state index in [1.165, 1.54) is 44.3 Å². The molecule has 0 bridgehead atoms. The Morgan fingerprint density at radius 2 is 1.63 bits per heavy atom. The zero-order valence-corrected chi connectivity index (χ0v) is 17.7. The summed E-state index contributed by atoms with van der Waals surface area (Å²) >= 11 is 0. The highest BCUT2D eigenvalue weighted by Crippen LogP contribution is 2.23. The van der Waals surface area contributed by atoms with Crippen molar-refractivity contribution in [3.63, 3.8) is 0 Å². The Labute approximate surface area is 174 Å². The van der Waals surface area contributed by atoms with Crippen LogP contribution in [-0.2, 0) is 19.6 Å². The molecule has 1 unspecified atom stereocenters. The van der Waals surface area contributed by atoms with Gasteiger partial charge in [-0.15, -0.1) is 0 Å². The van der Waals surface area contributed by atoms with Gasteiger partial charge in [0.2, 0.25) is 0 Å². The van der Waals surface area contributed by atoms with E-state index in [-0.39, 0.29) is 16.2 Å². The van der Waals surface area contributed by atoms with Crippen LogP contribution < -0.4 is 14.8 Å². The van der Waals surface area contributed by atoms with Crippen LogP contribution in [0.25, 0.3) is 0 Å². The van der Waals surface area contributed by atoms with E-state index in [9.17, 15) is 22.8 Å². The second kappa shape index (κ2) is 9.40. The van der Waals surface area contributed by atoms with Crippen molar-refractivity contribution in [1.82, 2.24) is 10.6 Å². The van der Waals surface area contributed by atoms with Crippen LogP contribution in [0.5, 0.6) is 5.75 Å². The molecular formula is C20H22N2O7S. The molecule has 0 aliphatic rings. The predicted octanol–water partition coefficient (Wildman–Crippen LogP) is 2.07. The van der Waals surface area contributed by atoms with Gasteiger partial charge in [0.15, 0.2) is 6.10 Å². The van der Waals surface area contributed by atoms with E-state index in [1.807, 2.05) is 5.32 Å². The molecule has 10 heteroatoms. The van der Waals surface area contributed by atoms with E-state index < -0.39 is 34.1 Å². The number of rotatable bonds is 6. The third-order valence-electron chi connectivity index (χ3n) is 4.03. The van der Waals surface area contributed by atoms with E-state index in [2.05, 4.69) is 5.32 Å². The Balaban J connectivity index is 2.07. The zero-order valence-electron chi connectivity index (χ0n) is 16.9. The van der Waals surface area contributed by atoms with Gasteiger partial charge in [-0.25, -0.2) is 9.59 Å². The maximum absolute atomic E-state index is 12.5. The number of carbonyl (C=O) groups excluding carboxylic acids is 3. The van der Waals surface area contributed by atoms with Gasteiger partial charge in [-0.05, 0) is 62.2 Å². The molecule has 0 spiro atoms. The van der Waals surface area contributed by atoms with Crippen molar-refractivity contribution in [2.24, 2.45) is 0 Å². The number of aryl methyl sites for hydroxylation is 2. The van der Waals surface area contributed by atoms with Gasteiger partial charge in [0.25, 0.3) is 5.91 Å². The fourth-order valence-electron chi connectivity index (χ4n) is 2.35. The molecule has 0 aliphatic carbocycles. The maximum atomic E-state index is 12.5. The lowest BCUT2D eigenvalue weighted by molar-refractivity contribution is -0.127. The SMILES string of the molecule is CNC(=O)NC(=O)C(C)OC(=O)c1ccc(OS(=O)(=O)c2cc(C)ccc2C)cc1. The van der Waals surface area contributed by atoms with Crippen molar-refractivity contribution in [2.45, 2.75) is 31.8 Å². The van der Waals surface area contributed by atoms with E-state index in [0.29, 0.717) is 5.56 Å². The van der Waals surface area contributed by atoms with Crippen LogP contribution in [0.15, 0.2) is 47.4 Å². The third kappa shape index (κ3) is 5.80. The fraction of sp³-hybridized carbons (Fsp3) is 0.250.